The van der Waals surface area contributed by atoms with E-state index in [4.69, 9.17) is 16.3 Å². The maximum atomic E-state index is 13.3. The minimum Gasteiger partial charge on any atom is -0.451 e. The van der Waals surface area contributed by atoms with Crippen molar-refractivity contribution in [1.29, 1.82) is 5.26 Å². The normalized spacial score (nSPS) is 13.3. The Morgan fingerprint density at radius 1 is 1.48 bits per heavy atom. The number of hydrogen-bond donors (Lipinski definition) is 1. The van der Waals surface area contributed by atoms with Crippen molar-refractivity contribution < 1.29 is 18.7 Å². The Morgan fingerprint density at radius 2 is 2.16 bits per heavy atom. The lowest BCUT2D eigenvalue weighted by molar-refractivity contribution is -0.125. The number of halogens is 2. The summed E-state index contributed by atoms with van der Waals surface area (Å²) < 4.78 is 18.7. The predicted octanol–water partition coefficient (Wildman–Crippen LogP) is 3.91. The number of esters is 1. The summed E-state index contributed by atoms with van der Waals surface area (Å²) in [5, 5.41) is 12.4. The number of benzene rings is 1. The maximum absolute atomic E-state index is 13.3. The lowest BCUT2D eigenvalue weighted by Gasteiger charge is -2.27. The predicted molar refractivity (Wildman–Crippen MR) is 94.1 cm³/mol. The minimum atomic E-state index is -1.06. The van der Waals surface area contributed by atoms with Gasteiger partial charge in [0.05, 0.1) is 11.1 Å². The number of nitrogens with zero attached hydrogens (tertiary/aromatic N) is 1. The van der Waals surface area contributed by atoms with Gasteiger partial charge in [0.1, 0.15) is 16.2 Å². The van der Waals surface area contributed by atoms with E-state index in [-0.39, 0.29) is 15.8 Å². The molecule has 1 aromatic carbocycles. The van der Waals surface area contributed by atoms with E-state index in [0.29, 0.717) is 10.1 Å². The van der Waals surface area contributed by atoms with Gasteiger partial charge in [0, 0.05) is 10.1 Å². The first-order valence-corrected chi connectivity index (χ1v) is 8.64. The fourth-order valence-electron chi connectivity index (χ4n) is 1.99. The molecule has 2 aromatic rings. The summed E-state index contributed by atoms with van der Waals surface area (Å²) in [6.45, 7) is 4.65. The monoisotopic (exact) mass is 382 g/mol. The second-order valence-electron chi connectivity index (χ2n) is 5.98. The van der Waals surface area contributed by atoms with Crippen molar-refractivity contribution in [1.82, 2.24) is 5.32 Å². The van der Waals surface area contributed by atoms with Crippen LogP contribution in [-0.4, -0.2) is 24.0 Å². The summed E-state index contributed by atoms with van der Waals surface area (Å²) in [6.07, 6.45) is 0. The third-order valence-electron chi connectivity index (χ3n) is 3.90. The smallest absolute Gasteiger partial charge is 0.350 e. The van der Waals surface area contributed by atoms with Crippen LogP contribution in [0.25, 0.3) is 10.1 Å². The number of nitrogens with one attached hydrogen (secondary N) is 1. The van der Waals surface area contributed by atoms with E-state index in [2.05, 4.69) is 5.32 Å². The van der Waals surface area contributed by atoms with Crippen LogP contribution in [-0.2, 0) is 9.53 Å². The molecule has 8 heteroatoms. The fourth-order valence-corrected chi connectivity index (χ4v) is 3.42. The molecule has 1 heterocycles. The molecule has 0 aliphatic carbocycles. The van der Waals surface area contributed by atoms with Gasteiger partial charge in [-0.15, -0.1) is 11.3 Å². The van der Waals surface area contributed by atoms with Crippen molar-refractivity contribution in [2.24, 2.45) is 5.92 Å². The number of fused-ring (bicyclic) bond motifs is 1. The number of amides is 1. The van der Waals surface area contributed by atoms with Gasteiger partial charge < -0.3 is 10.1 Å². The molecule has 1 aromatic heterocycles. The maximum Gasteiger partial charge on any atom is 0.350 e. The van der Waals surface area contributed by atoms with Gasteiger partial charge in [-0.25, -0.2) is 9.18 Å². The van der Waals surface area contributed by atoms with E-state index in [1.54, 1.807) is 20.8 Å². The van der Waals surface area contributed by atoms with Crippen LogP contribution < -0.4 is 5.32 Å². The molecule has 0 bridgehead atoms. The van der Waals surface area contributed by atoms with E-state index >= 15 is 0 Å². The Balaban J connectivity index is 2.07. The summed E-state index contributed by atoms with van der Waals surface area (Å²) in [6, 6.07) is 6.04. The number of carbonyl (C=O) groups excluding carboxylic acids is 2. The first-order valence-electron chi connectivity index (χ1n) is 7.45. The number of ether oxygens (including phenoxy) is 1. The molecule has 25 heavy (non-hydrogen) atoms. The molecule has 0 saturated carbocycles. The van der Waals surface area contributed by atoms with Gasteiger partial charge >= 0.3 is 5.97 Å². The highest BCUT2D eigenvalue weighted by Gasteiger charge is 2.30. The fraction of sp³-hybridized carbons (Fsp3) is 0.353. The third kappa shape index (κ3) is 4.09. The van der Waals surface area contributed by atoms with E-state index in [1.807, 2.05) is 6.07 Å². The van der Waals surface area contributed by atoms with Gasteiger partial charge in [0.15, 0.2) is 6.61 Å². The standard InChI is InChI=1S/C17H16ClFN2O3S/c1-9(2)17(3,8-20)21-13(22)7-24-16(23)15-14(18)11-5-4-10(19)6-12(11)25-15/h4-6,9H,7H2,1-3H3,(H,21,22)/t17-/m0/s1. The van der Waals surface area contributed by atoms with Crippen LogP contribution in [0.5, 0.6) is 0 Å². The van der Waals surface area contributed by atoms with Gasteiger partial charge in [-0.05, 0) is 31.0 Å². The van der Waals surface area contributed by atoms with Crippen LogP contribution in [0.3, 0.4) is 0 Å². The average molecular weight is 383 g/mol. The third-order valence-corrected chi connectivity index (χ3v) is 5.53. The van der Waals surface area contributed by atoms with Crippen LogP contribution in [0, 0.1) is 23.1 Å². The topological polar surface area (TPSA) is 79.2 Å². The first-order chi connectivity index (χ1) is 11.7. The lowest BCUT2D eigenvalue weighted by Crippen LogP contribution is -2.50. The Bertz CT molecular complexity index is 875. The summed E-state index contributed by atoms with van der Waals surface area (Å²) in [5.41, 5.74) is -1.06. The van der Waals surface area contributed by atoms with Crippen LogP contribution >= 0.6 is 22.9 Å². The van der Waals surface area contributed by atoms with Gasteiger partial charge in [-0.3, -0.25) is 4.79 Å². The second-order valence-corrected chi connectivity index (χ2v) is 7.41. The second kappa shape index (κ2) is 7.38. The molecule has 132 valence electrons. The number of rotatable bonds is 5. The van der Waals surface area contributed by atoms with Crippen molar-refractivity contribution in [2.45, 2.75) is 26.3 Å². The van der Waals surface area contributed by atoms with Crippen LogP contribution in [0.15, 0.2) is 18.2 Å². The molecular formula is C17H16ClFN2O3S. The molecule has 1 atom stereocenters. The number of carbonyl (C=O) groups is 2. The zero-order chi connectivity index (χ0) is 18.8. The highest BCUT2D eigenvalue weighted by molar-refractivity contribution is 7.21. The Hall–Kier alpha value is -2.17. The first kappa shape index (κ1) is 19.2. The molecule has 1 amide bonds. The lowest BCUT2D eigenvalue weighted by atomic mass is 9.90. The molecule has 1 N–H and O–H groups in total. The van der Waals surface area contributed by atoms with Gasteiger partial charge in [-0.1, -0.05) is 25.4 Å². The van der Waals surface area contributed by atoms with Gasteiger partial charge in [-0.2, -0.15) is 5.26 Å². The molecule has 2 rings (SSSR count). The highest BCUT2D eigenvalue weighted by atomic mass is 35.5. The van der Waals surface area contributed by atoms with Crippen molar-refractivity contribution in [3.63, 3.8) is 0 Å². The van der Waals surface area contributed by atoms with Crippen molar-refractivity contribution in [3.05, 3.63) is 33.9 Å². The van der Waals surface area contributed by atoms with E-state index in [1.165, 1.54) is 18.2 Å². The van der Waals surface area contributed by atoms with E-state index in [9.17, 15) is 19.2 Å². The zero-order valence-electron chi connectivity index (χ0n) is 13.9. The average Bonchev–Trinajstić information content (AvgIpc) is 2.88. The zero-order valence-corrected chi connectivity index (χ0v) is 15.4. The minimum absolute atomic E-state index is 0.0990. The molecular weight excluding hydrogens is 367 g/mol. The number of hydrogen-bond acceptors (Lipinski definition) is 5. The van der Waals surface area contributed by atoms with E-state index < -0.39 is 29.8 Å². The van der Waals surface area contributed by atoms with Crippen LogP contribution in [0.4, 0.5) is 4.39 Å². The molecule has 0 spiro atoms. The highest BCUT2D eigenvalue weighted by Crippen LogP contribution is 2.36. The molecule has 0 aliphatic rings. The van der Waals surface area contributed by atoms with Crippen molar-refractivity contribution in [3.8, 4) is 6.07 Å². The summed E-state index contributed by atoms with van der Waals surface area (Å²) in [5.74, 6) is -1.92. The largest absolute Gasteiger partial charge is 0.451 e. The Labute approximate surface area is 153 Å². The quantitative estimate of drug-likeness (QED) is 0.795. The van der Waals surface area contributed by atoms with Crippen LogP contribution in [0.2, 0.25) is 5.02 Å². The number of nitriles is 1. The summed E-state index contributed by atoms with van der Waals surface area (Å²) in [7, 11) is 0. The van der Waals surface area contributed by atoms with Gasteiger partial charge in [0.25, 0.3) is 5.91 Å². The summed E-state index contributed by atoms with van der Waals surface area (Å²) in [4.78, 5) is 24.2. The van der Waals surface area contributed by atoms with E-state index in [0.717, 1.165) is 11.3 Å². The SMILES string of the molecule is CC(C)[C@](C)(C#N)NC(=O)COC(=O)c1sc2cc(F)ccc2c1Cl. The van der Waals surface area contributed by atoms with Crippen molar-refractivity contribution in [2.75, 3.05) is 6.61 Å². The molecule has 5 nitrogen and oxygen atoms in total. The Morgan fingerprint density at radius 3 is 2.76 bits per heavy atom. The Kier molecular flexibility index (Phi) is 5.65. The molecule has 0 radical (unpaired) electrons. The van der Waals surface area contributed by atoms with Crippen LogP contribution in [0.1, 0.15) is 30.4 Å². The number of thiophene rings is 1. The van der Waals surface area contributed by atoms with Gasteiger partial charge in [0.2, 0.25) is 0 Å². The molecule has 0 saturated heterocycles. The summed E-state index contributed by atoms with van der Waals surface area (Å²) >= 11 is 7.12. The molecule has 0 unspecified atom stereocenters. The van der Waals surface area contributed by atoms with Crippen molar-refractivity contribution >= 4 is 44.9 Å². The molecule has 0 fully saturated rings. The molecule has 0 aliphatic heterocycles.